The number of rotatable bonds is 3. The van der Waals surface area contributed by atoms with Gasteiger partial charge in [0.1, 0.15) is 0 Å². The van der Waals surface area contributed by atoms with Gasteiger partial charge in [0.15, 0.2) is 9.84 Å². The van der Waals surface area contributed by atoms with Gasteiger partial charge in [-0.25, -0.2) is 8.42 Å². The van der Waals surface area contributed by atoms with Crippen molar-refractivity contribution in [3.8, 4) is 0 Å². The smallest absolute Gasteiger partial charge is 0.156 e. The maximum absolute atomic E-state index is 11.8. The Labute approximate surface area is 119 Å². The van der Waals surface area contributed by atoms with Crippen LogP contribution in [0.4, 0.5) is 0 Å². The zero-order chi connectivity index (χ0) is 14.0. The lowest BCUT2D eigenvalue weighted by Crippen LogP contribution is -2.39. The minimum absolute atomic E-state index is 0.150. The Kier molecular flexibility index (Phi) is 2.60. The summed E-state index contributed by atoms with van der Waals surface area (Å²) in [5.41, 5.74) is 1.59. The molecule has 1 saturated carbocycles. The van der Waals surface area contributed by atoms with Crippen molar-refractivity contribution in [2.75, 3.05) is 12.3 Å². The molecule has 2 atom stereocenters. The van der Waals surface area contributed by atoms with Crippen LogP contribution in [0.2, 0.25) is 0 Å². The molecule has 1 aromatic carbocycles. The first-order chi connectivity index (χ1) is 9.46. The first-order valence-corrected chi connectivity index (χ1v) is 8.95. The van der Waals surface area contributed by atoms with E-state index in [1.807, 2.05) is 12.1 Å². The molecular formula is C15H19NO3S. The van der Waals surface area contributed by atoms with Crippen LogP contribution in [-0.4, -0.2) is 42.0 Å². The zero-order valence-corrected chi connectivity index (χ0v) is 12.1. The summed E-state index contributed by atoms with van der Waals surface area (Å²) >= 11 is 0. The largest absolute Gasteiger partial charge is 0.385 e. The fourth-order valence-corrected chi connectivity index (χ4v) is 5.66. The van der Waals surface area contributed by atoms with Crippen LogP contribution in [0.3, 0.4) is 0 Å². The number of hydrogen-bond donors (Lipinski definition) is 1. The molecule has 2 heterocycles. The van der Waals surface area contributed by atoms with Crippen LogP contribution in [0.25, 0.3) is 0 Å². The molecule has 1 aromatic rings. The van der Waals surface area contributed by atoms with E-state index in [0.717, 1.165) is 31.4 Å². The molecule has 2 unspecified atom stereocenters. The van der Waals surface area contributed by atoms with Crippen LogP contribution in [-0.2, 0) is 22.0 Å². The van der Waals surface area contributed by atoms with Gasteiger partial charge in [0.2, 0.25) is 0 Å². The van der Waals surface area contributed by atoms with Crippen molar-refractivity contribution in [3.63, 3.8) is 0 Å². The fourth-order valence-electron chi connectivity index (χ4n) is 3.57. The van der Waals surface area contributed by atoms with Gasteiger partial charge < -0.3 is 5.11 Å². The number of sulfone groups is 1. The van der Waals surface area contributed by atoms with E-state index in [0.29, 0.717) is 12.3 Å². The molecule has 108 valence electrons. The van der Waals surface area contributed by atoms with Gasteiger partial charge >= 0.3 is 0 Å². The SMILES string of the molecule is O=S1(=O)CC2CC1CN2Cc1cccc(C2(O)CC2)c1. The van der Waals surface area contributed by atoms with E-state index in [9.17, 15) is 13.5 Å². The van der Waals surface area contributed by atoms with E-state index < -0.39 is 15.4 Å². The average molecular weight is 293 g/mol. The lowest BCUT2D eigenvalue weighted by molar-refractivity contribution is 0.151. The standard InChI is InChI=1S/C15H19NO3S/c17-15(4-5-15)12-3-1-2-11(6-12)8-16-9-14-7-13(16)10-20(14,18)19/h1-3,6,13-14,17H,4-5,7-10H2. The van der Waals surface area contributed by atoms with Crippen LogP contribution >= 0.6 is 0 Å². The van der Waals surface area contributed by atoms with Crippen LogP contribution in [0.1, 0.15) is 30.4 Å². The van der Waals surface area contributed by atoms with Crippen LogP contribution in [0.5, 0.6) is 0 Å². The topological polar surface area (TPSA) is 57.6 Å². The predicted molar refractivity (Wildman–Crippen MR) is 76.0 cm³/mol. The number of likely N-dealkylation sites (tertiary alicyclic amines) is 1. The minimum Gasteiger partial charge on any atom is -0.385 e. The van der Waals surface area contributed by atoms with Gasteiger partial charge in [-0.3, -0.25) is 4.90 Å². The molecule has 3 aliphatic rings. The lowest BCUT2D eigenvalue weighted by Gasteiger charge is -2.26. The summed E-state index contributed by atoms with van der Waals surface area (Å²) in [4.78, 5) is 2.28. The highest BCUT2D eigenvalue weighted by molar-refractivity contribution is 7.92. The second-order valence-electron chi connectivity index (χ2n) is 6.50. The van der Waals surface area contributed by atoms with Gasteiger partial charge in [0, 0.05) is 19.1 Å². The molecule has 0 radical (unpaired) electrons. The molecule has 1 N–H and O–H groups in total. The molecule has 3 fully saturated rings. The Morgan fingerprint density at radius 1 is 1.35 bits per heavy atom. The highest BCUT2D eigenvalue weighted by Crippen LogP contribution is 2.45. The monoisotopic (exact) mass is 293 g/mol. The minimum atomic E-state index is -2.82. The molecule has 0 aromatic heterocycles. The summed E-state index contributed by atoms with van der Waals surface area (Å²) in [6, 6.07) is 8.31. The van der Waals surface area contributed by atoms with Crippen molar-refractivity contribution in [2.45, 2.75) is 42.7 Å². The normalized spacial score (nSPS) is 33.5. The molecule has 4 nitrogen and oxygen atoms in total. The van der Waals surface area contributed by atoms with Crippen molar-refractivity contribution in [3.05, 3.63) is 35.4 Å². The van der Waals surface area contributed by atoms with E-state index in [1.165, 1.54) is 5.56 Å². The van der Waals surface area contributed by atoms with Crippen molar-refractivity contribution >= 4 is 9.84 Å². The van der Waals surface area contributed by atoms with Crippen molar-refractivity contribution < 1.29 is 13.5 Å². The number of fused-ring (bicyclic) bond motifs is 2. The molecule has 2 bridgehead atoms. The maximum Gasteiger partial charge on any atom is 0.156 e. The van der Waals surface area contributed by atoms with Gasteiger partial charge in [-0.2, -0.15) is 0 Å². The van der Waals surface area contributed by atoms with Crippen molar-refractivity contribution in [1.29, 1.82) is 0 Å². The second-order valence-corrected chi connectivity index (χ2v) is 8.83. The highest BCUT2D eigenvalue weighted by atomic mass is 32.2. The molecule has 20 heavy (non-hydrogen) atoms. The third-order valence-corrected chi connectivity index (χ3v) is 7.20. The van der Waals surface area contributed by atoms with Gasteiger partial charge in [-0.1, -0.05) is 24.3 Å². The summed E-state index contributed by atoms with van der Waals surface area (Å²) in [6.45, 7) is 1.46. The van der Waals surface area contributed by atoms with Gasteiger partial charge in [0.25, 0.3) is 0 Å². The first-order valence-electron chi connectivity index (χ1n) is 7.24. The molecule has 1 aliphatic carbocycles. The number of nitrogens with zero attached hydrogens (tertiary/aromatic N) is 1. The zero-order valence-electron chi connectivity index (χ0n) is 11.3. The summed E-state index contributed by atoms with van der Waals surface area (Å²) in [7, 11) is -2.82. The van der Waals surface area contributed by atoms with Gasteiger partial charge in [0.05, 0.1) is 16.6 Å². The van der Waals surface area contributed by atoms with E-state index >= 15 is 0 Å². The Bertz CT molecular complexity index is 651. The summed E-state index contributed by atoms with van der Waals surface area (Å²) in [5.74, 6) is 0.321. The lowest BCUT2D eigenvalue weighted by atomic mass is 10.0. The summed E-state index contributed by atoms with van der Waals surface area (Å²) in [5, 5.41) is 10.0. The van der Waals surface area contributed by atoms with E-state index in [4.69, 9.17) is 0 Å². The van der Waals surface area contributed by atoms with Crippen LogP contribution in [0, 0.1) is 0 Å². The summed E-state index contributed by atoms with van der Waals surface area (Å²) < 4.78 is 23.5. The molecule has 0 spiro atoms. The van der Waals surface area contributed by atoms with Crippen LogP contribution in [0.15, 0.2) is 24.3 Å². The van der Waals surface area contributed by atoms with Crippen molar-refractivity contribution in [2.24, 2.45) is 0 Å². The van der Waals surface area contributed by atoms with E-state index in [2.05, 4.69) is 17.0 Å². The first kappa shape index (κ1) is 12.8. The number of benzene rings is 1. The molecule has 4 rings (SSSR count). The van der Waals surface area contributed by atoms with Gasteiger partial charge in [-0.05, 0) is 30.4 Å². The molecular weight excluding hydrogens is 274 g/mol. The molecule has 2 aliphatic heterocycles. The van der Waals surface area contributed by atoms with Crippen molar-refractivity contribution in [1.82, 2.24) is 4.90 Å². The Morgan fingerprint density at radius 2 is 2.15 bits per heavy atom. The van der Waals surface area contributed by atoms with E-state index in [-0.39, 0.29) is 11.3 Å². The van der Waals surface area contributed by atoms with E-state index in [1.54, 1.807) is 0 Å². The van der Waals surface area contributed by atoms with Gasteiger partial charge in [-0.15, -0.1) is 0 Å². The second kappa shape index (κ2) is 4.06. The highest BCUT2D eigenvalue weighted by Gasteiger charge is 2.48. The quantitative estimate of drug-likeness (QED) is 0.904. The third-order valence-electron chi connectivity index (χ3n) is 5.00. The predicted octanol–water partition coefficient (Wildman–Crippen LogP) is 1.04. The average Bonchev–Trinajstić information content (AvgIpc) is 2.92. The molecule has 0 amide bonds. The summed E-state index contributed by atoms with van der Waals surface area (Å²) in [6.07, 6.45) is 2.50. The Morgan fingerprint density at radius 3 is 2.75 bits per heavy atom. The molecule has 2 saturated heterocycles. The number of hydrogen-bond acceptors (Lipinski definition) is 4. The Hall–Kier alpha value is -0.910. The number of aliphatic hydroxyl groups is 1. The fraction of sp³-hybridized carbons (Fsp3) is 0.600. The third kappa shape index (κ3) is 2.00. The maximum atomic E-state index is 11.8. The van der Waals surface area contributed by atoms with Crippen LogP contribution < -0.4 is 0 Å². The Balaban J connectivity index is 1.51. The molecule has 5 heteroatoms.